The third kappa shape index (κ3) is 2.93. The number of aryl methyl sites for hydroxylation is 1. The van der Waals surface area contributed by atoms with Crippen molar-refractivity contribution in [3.05, 3.63) is 33.8 Å². The standard InChI is InChI=1S/C14H18BrNO2/c1-9-5-3-6-11(13(9)15)14(17)16-10(2)12-7-4-8-18-12/h3,5-6,10,12H,4,7-8H2,1-2H3,(H,16,17). The first-order valence-electron chi connectivity index (χ1n) is 6.27. The van der Waals surface area contributed by atoms with E-state index in [4.69, 9.17) is 4.74 Å². The first-order chi connectivity index (χ1) is 8.59. The molecule has 2 unspecified atom stereocenters. The number of halogens is 1. The molecule has 0 saturated carbocycles. The molecule has 1 saturated heterocycles. The molecule has 1 aromatic rings. The average Bonchev–Trinajstić information content (AvgIpc) is 2.86. The number of nitrogens with one attached hydrogen (secondary N) is 1. The molecule has 0 aliphatic carbocycles. The van der Waals surface area contributed by atoms with Gasteiger partial charge in [-0.3, -0.25) is 4.79 Å². The van der Waals surface area contributed by atoms with Gasteiger partial charge in [-0.05, 0) is 54.2 Å². The molecule has 1 fully saturated rings. The summed E-state index contributed by atoms with van der Waals surface area (Å²) in [5.74, 6) is -0.0476. The summed E-state index contributed by atoms with van der Waals surface area (Å²) in [6.07, 6.45) is 2.26. The quantitative estimate of drug-likeness (QED) is 0.931. The molecular formula is C14H18BrNO2. The maximum absolute atomic E-state index is 12.2. The number of carbonyl (C=O) groups is 1. The molecule has 1 aromatic carbocycles. The molecule has 4 heteroatoms. The van der Waals surface area contributed by atoms with Gasteiger partial charge in [0.05, 0.1) is 17.7 Å². The molecule has 0 bridgehead atoms. The summed E-state index contributed by atoms with van der Waals surface area (Å²) in [6.45, 7) is 4.78. The second-order valence-electron chi connectivity index (χ2n) is 4.75. The fourth-order valence-electron chi connectivity index (χ4n) is 2.20. The van der Waals surface area contributed by atoms with Gasteiger partial charge in [-0.2, -0.15) is 0 Å². The fourth-order valence-corrected chi connectivity index (χ4v) is 2.64. The molecular weight excluding hydrogens is 294 g/mol. The Hall–Kier alpha value is -0.870. The minimum absolute atomic E-state index is 0.0476. The van der Waals surface area contributed by atoms with Gasteiger partial charge in [0.1, 0.15) is 0 Å². The van der Waals surface area contributed by atoms with E-state index >= 15 is 0 Å². The highest BCUT2D eigenvalue weighted by molar-refractivity contribution is 9.10. The Kier molecular flexibility index (Phi) is 4.40. The van der Waals surface area contributed by atoms with Crippen molar-refractivity contribution < 1.29 is 9.53 Å². The van der Waals surface area contributed by atoms with Crippen LogP contribution in [0.2, 0.25) is 0 Å². The lowest BCUT2D eigenvalue weighted by molar-refractivity contribution is 0.0712. The molecule has 1 heterocycles. The van der Waals surface area contributed by atoms with Crippen molar-refractivity contribution in [1.29, 1.82) is 0 Å². The lowest BCUT2D eigenvalue weighted by atomic mass is 10.1. The molecule has 1 N–H and O–H groups in total. The lowest BCUT2D eigenvalue weighted by Gasteiger charge is -2.20. The molecule has 0 aromatic heterocycles. The van der Waals surface area contributed by atoms with E-state index in [-0.39, 0.29) is 18.1 Å². The molecule has 1 aliphatic heterocycles. The van der Waals surface area contributed by atoms with Crippen LogP contribution in [0.1, 0.15) is 35.7 Å². The highest BCUT2D eigenvalue weighted by Gasteiger charge is 2.24. The topological polar surface area (TPSA) is 38.3 Å². The summed E-state index contributed by atoms with van der Waals surface area (Å²) >= 11 is 3.46. The molecule has 98 valence electrons. The van der Waals surface area contributed by atoms with Crippen molar-refractivity contribution in [2.75, 3.05) is 6.61 Å². The molecule has 0 radical (unpaired) electrons. The third-order valence-electron chi connectivity index (χ3n) is 3.32. The summed E-state index contributed by atoms with van der Waals surface area (Å²) in [5.41, 5.74) is 1.74. The van der Waals surface area contributed by atoms with E-state index in [1.54, 1.807) is 0 Å². The van der Waals surface area contributed by atoms with Crippen LogP contribution in [0.25, 0.3) is 0 Å². The van der Waals surface area contributed by atoms with Crippen molar-refractivity contribution in [2.45, 2.75) is 38.8 Å². The van der Waals surface area contributed by atoms with Crippen LogP contribution >= 0.6 is 15.9 Å². The van der Waals surface area contributed by atoms with Gasteiger partial charge in [0.15, 0.2) is 0 Å². The predicted molar refractivity (Wildman–Crippen MR) is 74.8 cm³/mol. The zero-order valence-electron chi connectivity index (χ0n) is 10.7. The minimum atomic E-state index is -0.0476. The number of benzene rings is 1. The molecule has 18 heavy (non-hydrogen) atoms. The Labute approximate surface area is 116 Å². The largest absolute Gasteiger partial charge is 0.376 e. The predicted octanol–water partition coefficient (Wildman–Crippen LogP) is 3.05. The van der Waals surface area contributed by atoms with E-state index in [1.165, 1.54) is 0 Å². The molecule has 2 atom stereocenters. The first-order valence-corrected chi connectivity index (χ1v) is 7.06. The summed E-state index contributed by atoms with van der Waals surface area (Å²) in [7, 11) is 0. The number of ether oxygens (including phenoxy) is 1. The molecule has 3 nitrogen and oxygen atoms in total. The summed E-state index contributed by atoms with van der Waals surface area (Å²) in [4.78, 5) is 12.2. The second kappa shape index (κ2) is 5.85. The number of amides is 1. The molecule has 2 rings (SSSR count). The number of carbonyl (C=O) groups excluding carboxylic acids is 1. The molecule has 1 amide bonds. The van der Waals surface area contributed by atoms with Crippen LogP contribution in [-0.2, 0) is 4.74 Å². The first kappa shape index (κ1) is 13.6. The Morgan fingerprint density at radius 3 is 3.00 bits per heavy atom. The van der Waals surface area contributed by atoms with Gasteiger partial charge in [0, 0.05) is 11.1 Å². The van der Waals surface area contributed by atoms with Crippen molar-refractivity contribution >= 4 is 21.8 Å². The second-order valence-corrected chi connectivity index (χ2v) is 5.54. The van der Waals surface area contributed by atoms with Crippen LogP contribution in [0.4, 0.5) is 0 Å². The number of rotatable bonds is 3. The highest BCUT2D eigenvalue weighted by atomic mass is 79.9. The van der Waals surface area contributed by atoms with Gasteiger partial charge in [-0.25, -0.2) is 0 Å². The van der Waals surface area contributed by atoms with Crippen LogP contribution in [0, 0.1) is 6.92 Å². The van der Waals surface area contributed by atoms with E-state index in [2.05, 4.69) is 21.2 Å². The summed E-state index contributed by atoms with van der Waals surface area (Å²) < 4.78 is 6.44. The van der Waals surface area contributed by atoms with E-state index < -0.39 is 0 Å². The SMILES string of the molecule is Cc1cccc(C(=O)NC(C)C2CCCO2)c1Br. The third-order valence-corrected chi connectivity index (χ3v) is 4.37. The van der Waals surface area contributed by atoms with Crippen LogP contribution in [0.15, 0.2) is 22.7 Å². The van der Waals surface area contributed by atoms with Gasteiger partial charge in [0.25, 0.3) is 5.91 Å². The number of hydrogen-bond acceptors (Lipinski definition) is 2. The van der Waals surface area contributed by atoms with Crippen molar-refractivity contribution in [3.8, 4) is 0 Å². The van der Waals surface area contributed by atoms with E-state index in [9.17, 15) is 4.79 Å². The van der Waals surface area contributed by atoms with Gasteiger partial charge in [-0.1, -0.05) is 12.1 Å². The Bertz CT molecular complexity index is 441. The average molecular weight is 312 g/mol. The monoisotopic (exact) mass is 311 g/mol. The van der Waals surface area contributed by atoms with E-state index in [0.29, 0.717) is 5.56 Å². The molecule has 1 aliphatic rings. The smallest absolute Gasteiger partial charge is 0.252 e. The maximum atomic E-state index is 12.2. The van der Waals surface area contributed by atoms with Crippen molar-refractivity contribution in [2.24, 2.45) is 0 Å². The van der Waals surface area contributed by atoms with Crippen LogP contribution in [-0.4, -0.2) is 24.7 Å². The van der Waals surface area contributed by atoms with E-state index in [1.807, 2.05) is 32.0 Å². The fraction of sp³-hybridized carbons (Fsp3) is 0.500. The minimum Gasteiger partial charge on any atom is -0.376 e. The lowest BCUT2D eigenvalue weighted by Crippen LogP contribution is -2.40. The zero-order valence-corrected chi connectivity index (χ0v) is 12.3. The van der Waals surface area contributed by atoms with E-state index in [0.717, 1.165) is 29.5 Å². The Morgan fingerprint density at radius 2 is 2.33 bits per heavy atom. The Balaban J connectivity index is 2.05. The van der Waals surface area contributed by atoms with Gasteiger partial charge in [-0.15, -0.1) is 0 Å². The van der Waals surface area contributed by atoms with Gasteiger partial charge < -0.3 is 10.1 Å². The number of hydrogen-bond donors (Lipinski definition) is 1. The summed E-state index contributed by atoms with van der Waals surface area (Å²) in [6, 6.07) is 5.75. The Morgan fingerprint density at radius 1 is 1.56 bits per heavy atom. The molecule has 0 spiro atoms. The van der Waals surface area contributed by atoms with Crippen LogP contribution in [0.3, 0.4) is 0 Å². The normalized spacial score (nSPS) is 20.7. The van der Waals surface area contributed by atoms with Crippen molar-refractivity contribution in [1.82, 2.24) is 5.32 Å². The zero-order chi connectivity index (χ0) is 13.1. The van der Waals surface area contributed by atoms with Crippen LogP contribution in [0.5, 0.6) is 0 Å². The van der Waals surface area contributed by atoms with Gasteiger partial charge >= 0.3 is 0 Å². The maximum Gasteiger partial charge on any atom is 0.252 e. The highest BCUT2D eigenvalue weighted by Crippen LogP contribution is 2.22. The van der Waals surface area contributed by atoms with Gasteiger partial charge in [0.2, 0.25) is 0 Å². The van der Waals surface area contributed by atoms with Crippen molar-refractivity contribution in [3.63, 3.8) is 0 Å². The summed E-state index contributed by atoms with van der Waals surface area (Å²) in [5, 5.41) is 3.01. The van der Waals surface area contributed by atoms with Crippen LogP contribution < -0.4 is 5.32 Å².